The standard InChI is InChI=1S/C12H15OS/c1-2-14-12-9-4-3-7-11(12)8-5-6-10-13/h3-4,7,9H,2,5-6,8H2,1H3. The zero-order valence-electron chi connectivity index (χ0n) is 8.45. The van der Waals surface area contributed by atoms with E-state index in [0.717, 1.165) is 18.6 Å². The van der Waals surface area contributed by atoms with Crippen molar-refractivity contribution < 1.29 is 4.79 Å². The van der Waals surface area contributed by atoms with Gasteiger partial charge in [0.05, 0.1) is 0 Å². The van der Waals surface area contributed by atoms with Crippen LogP contribution in [0.5, 0.6) is 0 Å². The Hall–Kier alpha value is -0.760. The largest absolute Gasteiger partial charge is 0.291 e. The molecule has 0 saturated carbocycles. The first-order valence-corrected chi connectivity index (χ1v) is 5.92. The van der Waals surface area contributed by atoms with Crippen LogP contribution in [-0.4, -0.2) is 12.0 Å². The molecule has 75 valence electrons. The zero-order chi connectivity index (χ0) is 10.2. The predicted octanol–water partition coefficient (Wildman–Crippen LogP) is 3.23. The molecule has 0 fully saturated rings. The molecule has 1 aromatic rings. The molecule has 0 spiro atoms. The minimum atomic E-state index is 0.547. The van der Waals surface area contributed by atoms with Crippen molar-refractivity contribution in [3.05, 3.63) is 29.8 Å². The molecular formula is C12H15OS. The Balaban J connectivity index is 2.59. The average Bonchev–Trinajstić information content (AvgIpc) is 2.21. The fourth-order valence-corrected chi connectivity index (χ4v) is 2.20. The molecule has 0 aliphatic rings. The second-order valence-electron chi connectivity index (χ2n) is 3.04. The van der Waals surface area contributed by atoms with Crippen LogP contribution in [0.4, 0.5) is 0 Å². The van der Waals surface area contributed by atoms with E-state index in [1.165, 1.54) is 10.5 Å². The highest BCUT2D eigenvalue weighted by molar-refractivity contribution is 7.99. The number of unbranched alkanes of at least 4 members (excludes halogenated alkanes) is 1. The van der Waals surface area contributed by atoms with E-state index in [2.05, 4.69) is 31.2 Å². The summed E-state index contributed by atoms with van der Waals surface area (Å²) in [6.45, 7) is 2.15. The quantitative estimate of drug-likeness (QED) is 0.526. The number of thioether (sulfide) groups is 1. The van der Waals surface area contributed by atoms with E-state index in [4.69, 9.17) is 0 Å². The van der Waals surface area contributed by atoms with Gasteiger partial charge in [0, 0.05) is 11.3 Å². The summed E-state index contributed by atoms with van der Waals surface area (Å²) in [5.74, 6) is 1.09. The lowest BCUT2D eigenvalue weighted by Gasteiger charge is -2.06. The van der Waals surface area contributed by atoms with Crippen LogP contribution in [0.3, 0.4) is 0 Å². The predicted molar refractivity (Wildman–Crippen MR) is 61.5 cm³/mol. The summed E-state index contributed by atoms with van der Waals surface area (Å²) in [6.07, 6.45) is 4.37. The Morgan fingerprint density at radius 3 is 2.86 bits per heavy atom. The summed E-state index contributed by atoms with van der Waals surface area (Å²) < 4.78 is 0. The minimum absolute atomic E-state index is 0.547. The Morgan fingerprint density at radius 1 is 1.36 bits per heavy atom. The van der Waals surface area contributed by atoms with Gasteiger partial charge in [0.25, 0.3) is 0 Å². The normalized spacial score (nSPS) is 10.1. The third kappa shape index (κ3) is 3.54. The number of rotatable bonds is 6. The van der Waals surface area contributed by atoms with Crippen molar-refractivity contribution in [1.29, 1.82) is 0 Å². The van der Waals surface area contributed by atoms with Gasteiger partial charge in [0.2, 0.25) is 0 Å². The van der Waals surface area contributed by atoms with Crippen LogP contribution in [-0.2, 0) is 11.2 Å². The van der Waals surface area contributed by atoms with Crippen LogP contribution in [0.2, 0.25) is 0 Å². The Kier molecular flexibility index (Phi) is 5.38. The van der Waals surface area contributed by atoms with Gasteiger partial charge in [-0.25, -0.2) is 0 Å². The van der Waals surface area contributed by atoms with Gasteiger partial charge >= 0.3 is 0 Å². The first-order chi connectivity index (χ1) is 6.88. The molecule has 0 aliphatic heterocycles. The molecule has 0 N–H and O–H groups in total. The fraction of sp³-hybridized carbons (Fsp3) is 0.417. The van der Waals surface area contributed by atoms with Crippen molar-refractivity contribution in [2.75, 3.05) is 5.75 Å². The monoisotopic (exact) mass is 207 g/mol. The summed E-state index contributed by atoms with van der Waals surface area (Å²) in [5, 5.41) is 0. The molecule has 0 atom stereocenters. The maximum Gasteiger partial charge on any atom is 0.198 e. The van der Waals surface area contributed by atoms with Crippen LogP contribution in [0.1, 0.15) is 25.3 Å². The topological polar surface area (TPSA) is 17.1 Å². The van der Waals surface area contributed by atoms with Crippen molar-refractivity contribution in [1.82, 2.24) is 0 Å². The molecule has 1 nitrogen and oxygen atoms in total. The molecule has 0 saturated heterocycles. The third-order valence-electron chi connectivity index (χ3n) is 2.00. The summed E-state index contributed by atoms with van der Waals surface area (Å²) in [4.78, 5) is 11.4. The first kappa shape index (κ1) is 11.3. The van der Waals surface area contributed by atoms with Crippen molar-refractivity contribution in [3.63, 3.8) is 0 Å². The van der Waals surface area contributed by atoms with Crippen molar-refractivity contribution in [2.45, 2.75) is 31.1 Å². The Labute approximate surface area is 89.9 Å². The van der Waals surface area contributed by atoms with Crippen molar-refractivity contribution in [2.24, 2.45) is 0 Å². The summed E-state index contributed by atoms with van der Waals surface area (Å²) >= 11 is 1.86. The molecular weight excluding hydrogens is 192 g/mol. The molecule has 1 rings (SSSR count). The highest BCUT2D eigenvalue weighted by Gasteiger charge is 2.00. The molecule has 0 heterocycles. The van der Waals surface area contributed by atoms with Crippen molar-refractivity contribution >= 4 is 18.0 Å². The lowest BCUT2D eigenvalue weighted by molar-refractivity contribution is 0.548. The second-order valence-corrected chi connectivity index (χ2v) is 4.34. The highest BCUT2D eigenvalue weighted by atomic mass is 32.2. The van der Waals surface area contributed by atoms with E-state index in [1.54, 1.807) is 0 Å². The minimum Gasteiger partial charge on any atom is -0.291 e. The lowest BCUT2D eigenvalue weighted by atomic mass is 10.1. The number of benzene rings is 1. The van der Waals surface area contributed by atoms with E-state index in [9.17, 15) is 4.79 Å². The molecule has 2 heteroatoms. The summed E-state index contributed by atoms with van der Waals surface area (Å²) in [5.41, 5.74) is 1.36. The van der Waals surface area contributed by atoms with Crippen LogP contribution < -0.4 is 0 Å². The van der Waals surface area contributed by atoms with Gasteiger partial charge in [0.1, 0.15) is 0 Å². The van der Waals surface area contributed by atoms with Crippen LogP contribution in [0.25, 0.3) is 0 Å². The maximum atomic E-state index is 10.1. The first-order valence-electron chi connectivity index (χ1n) is 4.94. The molecule has 0 unspecified atom stereocenters. The smallest absolute Gasteiger partial charge is 0.198 e. The molecule has 0 bridgehead atoms. The van der Waals surface area contributed by atoms with Gasteiger partial charge in [0.15, 0.2) is 6.29 Å². The fourth-order valence-electron chi connectivity index (χ4n) is 1.36. The zero-order valence-corrected chi connectivity index (χ0v) is 9.27. The second kappa shape index (κ2) is 6.66. The number of aryl methyl sites for hydroxylation is 1. The van der Waals surface area contributed by atoms with Gasteiger partial charge < -0.3 is 0 Å². The molecule has 14 heavy (non-hydrogen) atoms. The van der Waals surface area contributed by atoms with E-state index >= 15 is 0 Å². The van der Waals surface area contributed by atoms with Crippen LogP contribution in [0, 0.1) is 0 Å². The number of hydrogen-bond acceptors (Lipinski definition) is 2. The highest BCUT2D eigenvalue weighted by Crippen LogP contribution is 2.23. The van der Waals surface area contributed by atoms with E-state index in [0.29, 0.717) is 6.42 Å². The SMILES string of the molecule is CCSc1ccccc1CCC[C]=O. The number of hydrogen-bond donors (Lipinski definition) is 0. The van der Waals surface area contributed by atoms with Gasteiger partial charge in [-0.15, -0.1) is 11.8 Å². The Bertz CT molecular complexity index is 283. The molecule has 1 radical (unpaired) electrons. The van der Waals surface area contributed by atoms with E-state index in [-0.39, 0.29) is 0 Å². The molecule has 0 aromatic heterocycles. The van der Waals surface area contributed by atoms with Crippen LogP contribution >= 0.6 is 11.8 Å². The molecule has 0 amide bonds. The maximum absolute atomic E-state index is 10.1. The van der Waals surface area contributed by atoms with Crippen LogP contribution in [0.15, 0.2) is 29.2 Å². The summed E-state index contributed by atoms with van der Waals surface area (Å²) in [7, 11) is 0. The van der Waals surface area contributed by atoms with Crippen molar-refractivity contribution in [3.8, 4) is 0 Å². The lowest BCUT2D eigenvalue weighted by Crippen LogP contribution is -1.89. The van der Waals surface area contributed by atoms with Gasteiger partial charge in [-0.05, 0) is 30.2 Å². The van der Waals surface area contributed by atoms with Gasteiger partial charge in [-0.1, -0.05) is 25.1 Å². The van der Waals surface area contributed by atoms with Gasteiger partial charge in [-0.3, -0.25) is 4.79 Å². The van der Waals surface area contributed by atoms with E-state index < -0.39 is 0 Å². The third-order valence-corrected chi connectivity index (χ3v) is 3.00. The average molecular weight is 207 g/mol. The van der Waals surface area contributed by atoms with E-state index in [1.807, 2.05) is 18.0 Å². The molecule has 0 aliphatic carbocycles. The Morgan fingerprint density at radius 2 is 2.14 bits per heavy atom. The number of carbonyl (C=O) groups excluding carboxylic acids is 1. The summed E-state index contributed by atoms with van der Waals surface area (Å²) in [6, 6.07) is 8.41. The molecule has 1 aromatic carbocycles. The van der Waals surface area contributed by atoms with Gasteiger partial charge in [-0.2, -0.15) is 0 Å².